The van der Waals surface area contributed by atoms with Gasteiger partial charge in [-0.1, -0.05) is 48.9 Å². The molecule has 98 valence electrons. The van der Waals surface area contributed by atoms with Gasteiger partial charge in [0, 0.05) is 17.1 Å². The maximum Gasteiger partial charge on any atom is 0.224 e. The van der Waals surface area contributed by atoms with Gasteiger partial charge in [0.1, 0.15) is 0 Å². The van der Waals surface area contributed by atoms with Gasteiger partial charge in [-0.15, -0.1) is 0 Å². The Kier molecular flexibility index (Phi) is 4.58. The Morgan fingerprint density at radius 1 is 1.11 bits per heavy atom. The quantitative estimate of drug-likeness (QED) is 0.875. The summed E-state index contributed by atoms with van der Waals surface area (Å²) < 4.78 is 0. The Morgan fingerprint density at radius 2 is 1.74 bits per heavy atom. The number of hydrogen-bond acceptors (Lipinski definition) is 1. The fraction of sp³-hybridized carbons (Fsp3) is 0.188. The van der Waals surface area contributed by atoms with Gasteiger partial charge in [-0.2, -0.15) is 0 Å². The van der Waals surface area contributed by atoms with Gasteiger partial charge in [-0.3, -0.25) is 4.79 Å². The van der Waals surface area contributed by atoms with E-state index in [0.717, 1.165) is 5.69 Å². The van der Waals surface area contributed by atoms with Crippen molar-refractivity contribution in [1.29, 1.82) is 0 Å². The summed E-state index contributed by atoms with van der Waals surface area (Å²) in [5, 5.41) is 3.53. The molecule has 0 saturated carbocycles. The van der Waals surface area contributed by atoms with Crippen LogP contribution in [-0.2, 0) is 4.79 Å². The predicted molar refractivity (Wildman–Crippen MR) is 79.6 cm³/mol. The minimum atomic E-state index is 0.0127. The van der Waals surface area contributed by atoms with Crippen LogP contribution in [-0.4, -0.2) is 5.91 Å². The van der Waals surface area contributed by atoms with Crippen LogP contribution in [0.15, 0.2) is 54.6 Å². The Balaban J connectivity index is 1.93. The molecule has 19 heavy (non-hydrogen) atoms. The smallest absolute Gasteiger partial charge is 0.224 e. The van der Waals surface area contributed by atoms with Crippen molar-refractivity contribution in [3.05, 3.63) is 65.2 Å². The molecule has 2 aromatic rings. The van der Waals surface area contributed by atoms with Crippen LogP contribution in [0.5, 0.6) is 0 Å². The van der Waals surface area contributed by atoms with Crippen molar-refractivity contribution in [2.45, 2.75) is 19.3 Å². The molecule has 0 bridgehead atoms. The molecule has 2 nitrogen and oxygen atoms in total. The highest BCUT2D eigenvalue weighted by Crippen LogP contribution is 2.20. The van der Waals surface area contributed by atoms with E-state index >= 15 is 0 Å². The molecule has 0 spiro atoms. The minimum absolute atomic E-state index is 0.0127. The van der Waals surface area contributed by atoms with Crippen LogP contribution in [0, 0.1) is 0 Å². The number of hydrogen-bond donors (Lipinski definition) is 1. The Hall–Kier alpha value is -1.80. The molecule has 1 atom stereocenters. The van der Waals surface area contributed by atoms with E-state index in [1.54, 1.807) is 24.3 Å². The van der Waals surface area contributed by atoms with Gasteiger partial charge >= 0.3 is 0 Å². The summed E-state index contributed by atoms with van der Waals surface area (Å²) in [5.74, 6) is 0.215. The predicted octanol–water partition coefficient (Wildman–Crippen LogP) is 4.47. The summed E-state index contributed by atoms with van der Waals surface area (Å²) in [6.45, 7) is 2.05. The standard InChI is InChI=1S/C16H16ClNO/c1-12(13-5-3-2-4-6-13)11-16(19)18-15-9-7-14(17)8-10-15/h2-10,12H,11H2,1H3,(H,18,19)/t12-/m0/s1. The zero-order valence-electron chi connectivity index (χ0n) is 10.8. The molecule has 0 fully saturated rings. The number of nitrogens with one attached hydrogen (secondary N) is 1. The molecule has 0 saturated heterocycles. The molecule has 1 N–H and O–H groups in total. The van der Waals surface area contributed by atoms with Crippen molar-refractivity contribution in [2.75, 3.05) is 5.32 Å². The first kappa shape index (κ1) is 13.6. The number of carbonyl (C=O) groups excluding carboxylic acids is 1. The largest absolute Gasteiger partial charge is 0.326 e. The fourth-order valence-corrected chi connectivity index (χ4v) is 2.05. The summed E-state index contributed by atoms with van der Waals surface area (Å²) in [4.78, 5) is 11.9. The normalized spacial score (nSPS) is 11.9. The summed E-state index contributed by atoms with van der Waals surface area (Å²) in [5.41, 5.74) is 1.95. The van der Waals surface area contributed by atoms with Crippen LogP contribution in [0.3, 0.4) is 0 Å². The molecule has 1 amide bonds. The van der Waals surface area contributed by atoms with Gasteiger partial charge < -0.3 is 5.32 Å². The average molecular weight is 274 g/mol. The number of amides is 1. The second kappa shape index (κ2) is 6.39. The van der Waals surface area contributed by atoms with E-state index in [-0.39, 0.29) is 11.8 Å². The molecule has 0 aromatic heterocycles. The number of rotatable bonds is 4. The average Bonchev–Trinajstić information content (AvgIpc) is 2.42. The molecule has 2 aromatic carbocycles. The summed E-state index contributed by atoms with van der Waals surface area (Å²) in [7, 11) is 0. The third-order valence-corrected chi connectivity index (χ3v) is 3.24. The van der Waals surface area contributed by atoms with E-state index in [0.29, 0.717) is 11.4 Å². The Morgan fingerprint density at radius 3 is 2.37 bits per heavy atom. The van der Waals surface area contributed by atoms with Crippen LogP contribution in [0.4, 0.5) is 5.69 Å². The van der Waals surface area contributed by atoms with Crippen molar-refractivity contribution in [3.63, 3.8) is 0 Å². The van der Waals surface area contributed by atoms with E-state index in [1.807, 2.05) is 30.3 Å². The van der Waals surface area contributed by atoms with Crippen LogP contribution in [0.1, 0.15) is 24.8 Å². The number of carbonyl (C=O) groups is 1. The molecular formula is C16H16ClNO. The first-order valence-electron chi connectivity index (χ1n) is 6.25. The second-order valence-electron chi connectivity index (χ2n) is 4.57. The van der Waals surface area contributed by atoms with Gasteiger partial charge in [0.2, 0.25) is 5.91 Å². The fourth-order valence-electron chi connectivity index (χ4n) is 1.92. The monoisotopic (exact) mass is 273 g/mol. The number of halogens is 1. The third kappa shape index (κ3) is 4.11. The first-order valence-corrected chi connectivity index (χ1v) is 6.63. The van der Waals surface area contributed by atoms with Crippen LogP contribution >= 0.6 is 11.6 Å². The van der Waals surface area contributed by atoms with Crippen molar-refractivity contribution < 1.29 is 4.79 Å². The minimum Gasteiger partial charge on any atom is -0.326 e. The van der Waals surface area contributed by atoms with Crippen molar-refractivity contribution >= 4 is 23.2 Å². The molecule has 2 rings (SSSR count). The molecule has 0 unspecified atom stereocenters. The number of benzene rings is 2. The van der Waals surface area contributed by atoms with Crippen LogP contribution in [0.25, 0.3) is 0 Å². The van der Waals surface area contributed by atoms with Crippen LogP contribution < -0.4 is 5.32 Å². The summed E-state index contributed by atoms with van der Waals surface area (Å²) >= 11 is 5.80. The first-order chi connectivity index (χ1) is 9.15. The molecular weight excluding hydrogens is 258 g/mol. The summed E-state index contributed by atoms with van der Waals surface area (Å²) in [6, 6.07) is 17.2. The topological polar surface area (TPSA) is 29.1 Å². The molecule has 3 heteroatoms. The van der Waals surface area contributed by atoms with E-state index in [4.69, 9.17) is 11.6 Å². The van der Waals surface area contributed by atoms with E-state index in [2.05, 4.69) is 12.2 Å². The van der Waals surface area contributed by atoms with Gasteiger partial charge in [0.25, 0.3) is 0 Å². The lowest BCUT2D eigenvalue weighted by Gasteiger charge is -2.12. The maximum absolute atomic E-state index is 11.9. The lowest BCUT2D eigenvalue weighted by atomic mass is 9.97. The lowest BCUT2D eigenvalue weighted by molar-refractivity contribution is -0.116. The molecule has 0 heterocycles. The molecule has 0 radical (unpaired) electrons. The zero-order chi connectivity index (χ0) is 13.7. The zero-order valence-corrected chi connectivity index (χ0v) is 11.5. The Bertz CT molecular complexity index is 536. The number of anilines is 1. The molecule has 0 aliphatic rings. The highest BCUT2D eigenvalue weighted by molar-refractivity contribution is 6.30. The van der Waals surface area contributed by atoms with E-state index < -0.39 is 0 Å². The highest BCUT2D eigenvalue weighted by Gasteiger charge is 2.10. The van der Waals surface area contributed by atoms with E-state index in [9.17, 15) is 4.79 Å². The molecule has 0 aliphatic heterocycles. The lowest BCUT2D eigenvalue weighted by Crippen LogP contribution is -2.14. The van der Waals surface area contributed by atoms with Crippen molar-refractivity contribution in [1.82, 2.24) is 0 Å². The van der Waals surface area contributed by atoms with Gasteiger partial charge in [0.05, 0.1) is 0 Å². The Labute approximate surface area is 118 Å². The van der Waals surface area contributed by atoms with Gasteiger partial charge in [-0.25, -0.2) is 0 Å². The third-order valence-electron chi connectivity index (χ3n) is 2.99. The van der Waals surface area contributed by atoms with Crippen molar-refractivity contribution in [2.24, 2.45) is 0 Å². The molecule has 0 aliphatic carbocycles. The van der Waals surface area contributed by atoms with Crippen molar-refractivity contribution in [3.8, 4) is 0 Å². The second-order valence-corrected chi connectivity index (χ2v) is 5.01. The van der Waals surface area contributed by atoms with Crippen LogP contribution in [0.2, 0.25) is 5.02 Å². The maximum atomic E-state index is 11.9. The summed E-state index contributed by atoms with van der Waals surface area (Å²) in [6.07, 6.45) is 0.465. The van der Waals surface area contributed by atoms with Gasteiger partial charge in [-0.05, 0) is 35.7 Å². The highest BCUT2D eigenvalue weighted by atomic mass is 35.5. The van der Waals surface area contributed by atoms with E-state index in [1.165, 1.54) is 5.56 Å². The SMILES string of the molecule is C[C@@H](CC(=O)Nc1ccc(Cl)cc1)c1ccccc1. The van der Waals surface area contributed by atoms with Gasteiger partial charge in [0.15, 0.2) is 0 Å².